The van der Waals surface area contributed by atoms with Crippen molar-refractivity contribution in [3.63, 3.8) is 0 Å². The van der Waals surface area contributed by atoms with Gasteiger partial charge >= 0.3 is 0 Å². The number of aromatic hydroxyl groups is 1. The molecule has 0 unspecified atom stereocenters. The van der Waals surface area contributed by atoms with Crippen molar-refractivity contribution in [1.82, 2.24) is 0 Å². The van der Waals surface area contributed by atoms with E-state index in [0.717, 1.165) is 37.7 Å². The Morgan fingerprint density at radius 3 is 2.14 bits per heavy atom. The van der Waals surface area contributed by atoms with Gasteiger partial charge in [0, 0.05) is 11.1 Å². The summed E-state index contributed by atoms with van der Waals surface area (Å²) >= 11 is 0. The summed E-state index contributed by atoms with van der Waals surface area (Å²) in [6.45, 7) is 10.4. The Labute approximate surface area is 136 Å². The lowest BCUT2D eigenvalue weighted by Gasteiger charge is -2.22. The van der Waals surface area contributed by atoms with Gasteiger partial charge in [0.1, 0.15) is 0 Å². The number of allylic oxidation sites excluding steroid dienone is 1. The third-order valence-electron chi connectivity index (χ3n) is 4.41. The molecule has 0 bridgehead atoms. The van der Waals surface area contributed by atoms with Crippen LogP contribution in [0.25, 0.3) is 0 Å². The van der Waals surface area contributed by atoms with Crippen molar-refractivity contribution in [3.8, 4) is 11.5 Å². The van der Waals surface area contributed by atoms with Gasteiger partial charge in [-0.2, -0.15) is 0 Å². The van der Waals surface area contributed by atoms with Crippen molar-refractivity contribution in [2.24, 2.45) is 0 Å². The van der Waals surface area contributed by atoms with E-state index in [9.17, 15) is 5.11 Å². The predicted octanol–water partition coefficient (Wildman–Crippen LogP) is 5.38. The van der Waals surface area contributed by atoms with E-state index in [2.05, 4.69) is 27.4 Å². The van der Waals surface area contributed by atoms with Crippen LogP contribution in [-0.4, -0.2) is 12.2 Å². The Bertz CT molecular complexity index is 489. The summed E-state index contributed by atoms with van der Waals surface area (Å²) in [6, 6.07) is 0. The molecule has 1 aromatic carbocycles. The Kier molecular flexibility index (Phi) is 8.08. The van der Waals surface area contributed by atoms with E-state index in [0.29, 0.717) is 11.5 Å². The average Bonchev–Trinajstić information content (AvgIpc) is 2.53. The summed E-state index contributed by atoms with van der Waals surface area (Å²) in [4.78, 5) is 0. The maximum absolute atomic E-state index is 10.6. The molecule has 22 heavy (non-hydrogen) atoms. The van der Waals surface area contributed by atoms with Gasteiger partial charge in [-0.05, 0) is 43.2 Å². The lowest BCUT2D eigenvalue weighted by molar-refractivity contribution is 0.364. The zero-order valence-corrected chi connectivity index (χ0v) is 14.8. The summed E-state index contributed by atoms with van der Waals surface area (Å²) in [7, 11) is 1.66. The highest BCUT2D eigenvalue weighted by Crippen LogP contribution is 2.41. The number of hydrogen-bond acceptors (Lipinski definition) is 2. The molecule has 1 aromatic rings. The van der Waals surface area contributed by atoms with E-state index in [-0.39, 0.29) is 0 Å². The first kappa shape index (κ1) is 18.6. The molecule has 124 valence electrons. The van der Waals surface area contributed by atoms with Crippen LogP contribution >= 0.6 is 0 Å². The van der Waals surface area contributed by atoms with Gasteiger partial charge < -0.3 is 9.84 Å². The molecular weight excluding hydrogens is 272 g/mol. The maximum atomic E-state index is 10.6. The Balaban J connectivity index is 3.35. The van der Waals surface area contributed by atoms with Gasteiger partial charge in [-0.1, -0.05) is 46.1 Å². The second kappa shape index (κ2) is 9.55. The highest BCUT2D eigenvalue weighted by Gasteiger charge is 2.21. The van der Waals surface area contributed by atoms with Crippen LogP contribution in [0.5, 0.6) is 11.5 Å². The van der Waals surface area contributed by atoms with Crippen molar-refractivity contribution in [2.75, 3.05) is 7.11 Å². The fourth-order valence-electron chi connectivity index (χ4n) is 3.34. The smallest absolute Gasteiger partial charge is 0.164 e. The zero-order valence-electron chi connectivity index (χ0n) is 14.8. The first-order chi connectivity index (χ1) is 10.7. The highest BCUT2D eigenvalue weighted by molar-refractivity contribution is 5.60. The largest absolute Gasteiger partial charge is 0.504 e. The molecule has 2 heteroatoms. The molecule has 0 radical (unpaired) electrons. The number of methoxy groups -OCH3 is 1. The summed E-state index contributed by atoms with van der Waals surface area (Å²) in [6.07, 6.45) is 10.4. The van der Waals surface area contributed by atoms with E-state index >= 15 is 0 Å². The molecule has 1 rings (SSSR count). The quantitative estimate of drug-likeness (QED) is 0.464. The SMILES string of the molecule is C=CCc1c(CC)c(CC)c(O)c(OC)c1CCCCCC. The predicted molar refractivity (Wildman–Crippen MR) is 95.2 cm³/mol. The van der Waals surface area contributed by atoms with Crippen molar-refractivity contribution < 1.29 is 9.84 Å². The van der Waals surface area contributed by atoms with Gasteiger partial charge in [0.05, 0.1) is 7.11 Å². The molecule has 0 fully saturated rings. The van der Waals surface area contributed by atoms with Gasteiger partial charge in [0.2, 0.25) is 0 Å². The first-order valence-electron chi connectivity index (χ1n) is 8.69. The number of phenols is 1. The standard InChI is InChI=1S/C20H32O2/c1-6-10-11-12-14-18-17(13-7-2)15(8-3)16(9-4)19(21)20(18)22-5/h7,21H,2,6,8-14H2,1,3-5H3. The number of rotatable bonds is 10. The van der Waals surface area contributed by atoms with E-state index in [4.69, 9.17) is 4.74 Å². The first-order valence-corrected chi connectivity index (χ1v) is 8.69. The Hall–Kier alpha value is -1.44. The van der Waals surface area contributed by atoms with E-state index < -0.39 is 0 Å². The molecular formula is C20H32O2. The fourth-order valence-corrected chi connectivity index (χ4v) is 3.34. The topological polar surface area (TPSA) is 29.5 Å². The third kappa shape index (κ3) is 4.06. The van der Waals surface area contributed by atoms with Gasteiger partial charge in [-0.3, -0.25) is 0 Å². The average molecular weight is 304 g/mol. The molecule has 0 aromatic heterocycles. The summed E-state index contributed by atoms with van der Waals surface area (Å²) in [5.41, 5.74) is 4.82. The van der Waals surface area contributed by atoms with E-state index in [1.165, 1.54) is 36.0 Å². The molecule has 0 heterocycles. The van der Waals surface area contributed by atoms with Gasteiger partial charge in [0.25, 0.3) is 0 Å². The second-order valence-corrected chi connectivity index (χ2v) is 5.81. The Morgan fingerprint density at radius 2 is 1.64 bits per heavy atom. The third-order valence-corrected chi connectivity index (χ3v) is 4.41. The number of hydrogen-bond donors (Lipinski definition) is 1. The zero-order chi connectivity index (χ0) is 16.5. The minimum atomic E-state index is 0.347. The minimum Gasteiger partial charge on any atom is -0.504 e. The lowest BCUT2D eigenvalue weighted by Crippen LogP contribution is -2.07. The molecule has 1 N–H and O–H groups in total. The van der Waals surface area contributed by atoms with Crippen LogP contribution in [0.2, 0.25) is 0 Å². The summed E-state index contributed by atoms with van der Waals surface area (Å²) < 4.78 is 5.58. The van der Waals surface area contributed by atoms with Crippen molar-refractivity contribution in [1.29, 1.82) is 0 Å². The van der Waals surface area contributed by atoms with Crippen LogP contribution in [0.3, 0.4) is 0 Å². The van der Waals surface area contributed by atoms with Crippen LogP contribution in [0, 0.1) is 0 Å². The highest BCUT2D eigenvalue weighted by atomic mass is 16.5. The molecule has 0 aliphatic carbocycles. The summed E-state index contributed by atoms with van der Waals surface area (Å²) in [5.74, 6) is 1.03. The second-order valence-electron chi connectivity index (χ2n) is 5.81. The molecule has 2 nitrogen and oxygen atoms in total. The monoisotopic (exact) mass is 304 g/mol. The fraction of sp³-hybridized carbons (Fsp3) is 0.600. The minimum absolute atomic E-state index is 0.347. The number of ether oxygens (including phenoxy) is 1. The van der Waals surface area contributed by atoms with Crippen molar-refractivity contribution in [2.45, 2.75) is 72.1 Å². The van der Waals surface area contributed by atoms with Gasteiger partial charge in [-0.15, -0.1) is 6.58 Å². The number of phenolic OH excluding ortho intramolecular Hbond substituents is 1. The van der Waals surface area contributed by atoms with Crippen molar-refractivity contribution >= 4 is 0 Å². The van der Waals surface area contributed by atoms with E-state index in [1.807, 2.05) is 6.08 Å². The number of benzene rings is 1. The molecule has 0 spiro atoms. The van der Waals surface area contributed by atoms with Gasteiger partial charge in [-0.25, -0.2) is 0 Å². The van der Waals surface area contributed by atoms with Crippen molar-refractivity contribution in [3.05, 3.63) is 34.9 Å². The van der Waals surface area contributed by atoms with Crippen LogP contribution < -0.4 is 4.74 Å². The molecule has 0 aliphatic rings. The van der Waals surface area contributed by atoms with Crippen LogP contribution in [-0.2, 0) is 25.7 Å². The maximum Gasteiger partial charge on any atom is 0.164 e. The molecule has 0 saturated carbocycles. The van der Waals surface area contributed by atoms with Crippen LogP contribution in [0.15, 0.2) is 12.7 Å². The van der Waals surface area contributed by atoms with Crippen LogP contribution in [0.1, 0.15) is 68.7 Å². The normalized spacial score (nSPS) is 10.7. The Morgan fingerprint density at radius 1 is 0.955 bits per heavy atom. The molecule has 0 saturated heterocycles. The molecule has 0 amide bonds. The molecule has 0 aliphatic heterocycles. The molecule has 0 atom stereocenters. The van der Waals surface area contributed by atoms with E-state index in [1.54, 1.807) is 7.11 Å². The summed E-state index contributed by atoms with van der Waals surface area (Å²) in [5, 5.41) is 10.6. The lowest BCUT2D eigenvalue weighted by atomic mass is 9.87. The van der Waals surface area contributed by atoms with Crippen LogP contribution in [0.4, 0.5) is 0 Å². The number of unbranched alkanes of at least 4 members (excludes halogenated alkanes) is 3. The van der Waals surface area contributed by atoms with Gasteiger partial charge in [0.15, 0.2) is 11.5 Å².